The van der Waals surface area contributed by atoms with E-state index >= 15 is 0 Å². The zero-order chi connectivity index (χ0) is 14.5. The largest absolute Gasteiger partial charge is 0.481 e. The van der Waals surface area contributed by atoms with Gasteiger partial charge in [0.1, 0.15) is 0 Å². The number of carbonyl (C=O) groups is 1. The molecule has 0 amide bonds. The van der Waals surface area contributed by atoms with Crippen LogP contribution in [0.25, 0.3) is 10.8 Å². The molecule has 2 aromatic carbocycles. The summed E-state index contributed by atoms with van der Waals surface area (Å²) in [6, 6.07) is 13.7. The van der Waals surface area contributed by atoms with E-state index in [4.69, 9.17) is 5.11 Å². The number of aliphatic hydroxyl groups is 1. The first-order valence-corrected chi connectivity index (χ1v) is 6.68. The number of rotatable bonds is 6. The molecule has 0 unspecified atom stereocenters. The normalized spacial score (nSPS) is 14.1. The van der Waals surface area contributed by atoms with Crippen molar-refractivity contribution in [2.24, 2.45) is 0 Å². The maximum Gasteiger partial charge on any atom is 0.304 e. The Morgan fingerprint density at radius 2 is 1.90 bits per heavy atom. The van der Waals surface area contributed by atoms with Crippen molar-refractivity contribution in [2.45, 2.75) is 25.5 Å². The van der Waals surface area contributed by atoms with Crippen LogP contribution in [0.5, 0.6) is 0 Å². The van der Waals surface area contributed by atoms with Crippen LogP contribution in [0.4, 0.5) is 0 Å². The van der Waals surface area contributed by atoms with Crippen LogP contribution in [-0.4, -0.2) is 28.8 Å². The van der Waals surface area contributed by atoms with Crippen LogP contribution in [-0.2, 0) is 4.79 Å². The summed E-state index contributed by atoms with van der Waals surface area (Å²) in [5.74, 6) is -0.842. The number of carboxylic acid groups (broad SMARTS) is 1. The SMILES string of the molecule is C[C@H](CC(=O)O)NC[C@@H](O)c1ccc2ccccc2c1. The van der Waals surface area contributed by atoms with Crippen LogP contribution in [0.1, 0.15) is 25.0 Å². The highest BCUT2D eigenvalue weighted by Gasteiger charge is 2.11. The molecule has 0 fully saturated rings. The highest BCUT2D eigenvalue weighted by atomic mass is 16.4. The number of carboxylic acids is 1. The van der Waals surface area contributed by atoms with Crippen molar-refractivity contribution in [2.75, 3.05) is 6.54 Å². The molecule has 0 bridgehead atoms. The average Bonchev–Trinajstić information content (AvgIpc) is 2.43. The summed E-state index contributed by atoms with van der Waals surface area (Å²) in [6.45, 7) is 2.13. The van der Waals surface area contributed by atoms with Gasteiger partial charge in [0.05, 0.1) is 12.5 Å². The minimum Gasteiger partial charge on any atom is -0.481 e. The Morgan fingerprint density at radius 3 is 2.60 bits per heavy atom. The fraction of sp³-hybridized carbons (Fsp3) is 0.312. The topological polar surface area (TPSA) is 69.6 Å². The molecule has 106 valence electrons. The van der Waals surface area contributed by atoms with Gasteiger partial charge in [0, 0.05) is 12.6 Å². The number of nitrogens with one attached hydrogen (secondary N) is 1. The quantitative estimate of drug-likeness (QED) is 0.755. The second-order valence-corrected chi connectivity index (χ2v) is 5.03. The molecule has 20 heavy (non-hydrogen) atoms. The number of fused-ring (bicyclic) bond motifs is 1. The number of hydrogen-bond acceptors (Lipinski definition) is 3. The van der Waals surface area contributed by atoms with E-state index in [2.05, 4.69) is 5.32 Å². The van der Waals surface area contributed by atoms with E-state index in [1.54, 1.807) is 6.92 Å². The van der Waals surface area contributed by atoms with Crippen molar-refractivity contribution < 1.29 is 15.0 Å². The van der Waals surface area contributed by atoms with Gasteiger partial charge < -0.3 is 15.5 Å². The third-order valence-electron chi connectivity index (χ3n) is 3.30. The second-order valence-electron chi connectivity index (χ2n) is 5.03. The Hall–Kier alpha value is -1.91. The van der Waals surface area contributed by atoms with Gasteiger partial charge >= 0.3 is 5.97 Å². The molecule has 0 saturated carbocycles. The summed E-state index contributed by atoms with van der Waals surface area (Å²) in [4.78, 5) is 10.6. The van der Waals surface area contributed by atoms with Crippen molar-refractivity contribution in [3.05, 3.63) is 48.0 Å². The maximum atomic E-state index is 10.6. The molecule has 2 aromatic rings. The molecule has 0 aliphatic carbocycles. The lowest BCUT2D eigenvalue weighted by Gasteiger charge is -2.16. The highest BCUT2D eigenvalue weighted by Crippen LogP contribution is 2.20. The lowest BCUT2D eigenvalue weighted by Crippen LogP contribution is -2.32. The monoisotopic (exact) mass is 273 g/mol. The minimum absolute atomic E-state index is 0.0461. The minimum atomic E-state index is -0.842. The standard InChI is InChI=1S/C16H19NO3/c1-11(8-16(19)20)17-10-15(18)14-7-6-12-4-2-3-5-13(12)9-14/h2-7,9,11,15,17-18H,8,10H2,1H3,(H,19,20)/t11-,15-/m1/s1. The fourth-order valence-electron chi connectivity index (χ4n) is 2.18. The van der Waals surface area contributed by atoms with Crippen LogP contribution in [0.3, 0.4) is 0 Å². The molecule has 0 radical (unpaired) electrons. The molecule has 2 atom stereocenters. The Kier molecular flexibility index (Phi) is 4.71. The van der Waals surface area contributed by atoms with E-state index in [1.807, 2.05) is 42.5 Å². The van der Waals surface area contributed by atoms with Gasteiger partial charge in [0.2, 0.25) is 0 Å². The molecule has 4 nitrogen and oxygen atoms in total. The smallest absolute Gasteiger partial charge is 0.304 e. The molecule has 2 rings (SSSR count). The first-order chi connectivity index (χ1) is 9.56. The average molecular weight is 273 g/mol. The van der Waals surface area contributed by atoms with Crippen LogP contribution in [0.2, 0.25) is 0 Å². The number of aliphatic hydroxyl groups excluding tert-OH is 1. The maximum absolute atomic E-state index is 10.6. The molecule has 0 spiro atoms. The Morgan fingerprint density at radius 1 is 1.20 bits per heavy atom. The van der Waals surface area contributed by atoms with Gasteiger partial charge in [-0.1, -0.05) is 36.4 Å². The number of aliphatic carboxylic acids is 1. The number of benzene rings is 2. The highest BCUT2D eigenvalue weighted by molar-refractivity contribution is 5.83. The summed E-state index contributed by atoms with van der Waals surface area (Å²) in [5.41, 5.74) is 0.832. The number of hydrogen-bond donors (Lipinski definition) is 3. The van der Waals surface area contributed by atoms with Crippen molar-refractivity contribution in [1.29, 1.82) is 0 Å². The zero-order valence-corrected chi connectivity index (χ0v) is 11.4. The molecule has 4 heteroatoms. The molecule has 0 aromatic heterocycles. The Bertz CT molecular complexity index is 597. The predicted molar refractivity (Wildman–Crippen MR) is 78.6 cm³/mol. The summed E-state index contributed by atoms with van der Waals surface area (Å²) in [6.07, 6.45) is -0.597. The van der Waals surface area contributed by atoms with Crippen LogP contribution < -0.4 is 5.32 Å². The van der Waals surface area contributed by atoms with Gasteiger partial charge in [0.25, 0.3) is 0 Å². The lowest BCUT2D eigenvalue weighted by atomic mass is 10.0. The molecule has 0 aliphatic rings. The van der Waals surface area contributed by atoms with Gasteiger partial charge in [-0.25, -0.2) is 0 Å². The molecule has 3 N–H and O–H groups in total. The van der Waals surface area contributed by atoms with Crippen LogP contribution in [0.15, 0.2) is 42.5 Å². The van der Waals surface area contributed by atoms with Gasteiger partial charge in [0.15, 0.2) is 0 Å². The Balaban J connectivity index is 2.00. The molecule has 0 aliphatic heterocycles. The predicted octanol–water partition coefficient (Wildman–Crippen LogP) is 2.33. The van der Waals surface area contributed by atoms with E-state index in [1.165, 1.54) is 0 Å². The van der Waals surface area contributed by atoms with Crippen LogP contribution >= 0.6 is 0 Å². The van der Waals surface area contributed by atoms with E-state index in [-0.39, 0.29) is 12.5 Å². The van der Waals surface area contributed by atoms with Crippen molar-refractivity contribution in [3.8, 4) is 0 Å². The van der Waals surface area contributed by atoms with Gasteiger partial charge in [-0.15, -0.1) is 0 Å². The third kappa shape index (κ3) is 3.79. The summed E-state index contributed by atoms with van der Waals surface area (Å²) < 4.78 is 0. The van der Waals surface area contributed by atoms with Gasteiger partial charge in [-0.3, -0.25) is 4.79 Å². The molecule has 0 saturated heterocycles. The van der Waals surface area contributed by atoms with E-state index in [0.717, 1.165) is 16.3 Å². The van der Waals surface area contributed by atoms with E-state index in [9.17, 15) is 9.90 Å². The molecular weight excluding hydrogens is 254 g/mol. The van der Waals surface area contributed by atoms with Crippen molar-refractivity contribution >= 4 is 16.7 Å². The summed E-state index contributed by atoms with van der Waals surface area (Å²) in [7, 11) is 0. The van der Waals surface area contributed by atoms with E-state index < -0.39 is 12.1 Å². The lowest BCUT2D eigenvalue weighted by molar-refractivity contribution is -0.137. The summed E-state index contributed by atoms with van der Waals surface area (Å²) in [5, 5.41) is 24.1. The second kappa shape index (κ2) is 6.50. The zero-order valence-electron chi connectivity index (χ0n) is 11.4. The summed E-state index contributed by atoms with van der Waals surface area (Å²) >= 11 is 0. The van der Waals surface area contributed by atoms with E-state index in [0.29, 0.717) is 6.54 Å². The first kappa shape index (κ1) is 14.5. The van der Waals surface area contributed by atoms with Gasteiger partial charge in [-0.2, -0.15) is 0 Å². The first-order valence-electron chi connectivity index (χ1n) is 6.68. The molecule has 0 heterocycles. The van der Waals surface area contributed by atoms with Gasteiger partial charge in [-0.05, 0) is 29.3 Å². The van der Waals surface area contributed by atoms with Crippen molar-refractivity contribution in [1.82, 2.24) is 5.32 Å². The Labute approximate surface area is 118 Å². The fourth-order valence-corrected chi connectivity index (χ4v) is 2.18. The molecular formula is C16H19NO3. The van der Waals surface area contributed by atoms with Crippen molar-refractivity contribution in [3.63, 3.8) is 0 Å². The third-order valence-corrected chi connectivity index (χ3v) is 3.30. The van der Waals surface area contributed by atoms with Crippen LogP contribution in [0, 0.1) is 0 Å².